The van der Waals surface area contributed by atoms with Crippen LogP contribution in [0.2, 0.25) is 0 Å². The van der Waals surface area contributed by atoms with Crippen LogP contribution in [0, 0.1) is 6.42 Å². The molecule has 0 aliphatic carbocycles. The SMILES string of the molecule is OC[CH]COc1ccccc1. The van der Waals surface area contributed by atoms with E-state index >= 15 is 0 Å². The van der Waals surface area contributed by atoms with Gasteiger partial charge in [0.2, 0.25) is 0 Å². The van der Waals surface area contributed by atoms with E-state index in [1.54, 1.807) is 6.42 Å². The molecule has 0 aliphatic rings. The highest BCUT2D eigenvalue weighted by atomic mass is 16.5. The third-order valence-corrected chi connectivity index (χ3v) is 1.24. The van der Waals surface area contributed by atoms with E-state index in [1.165, 1.54) is 0 Å². The number of aliphatic hydroxyl groups is 1. The first-order valence-corrected chi connectivity index (χ1v) is 3.54. The molecule has 0 aliphatic heterocycles. The van der Waals surface area contributed by atoms with Crippen LogP contribution in [0.15, 0.2) is 30.3 Å². The van der Waals surface area contributed by atoms with Crippen molar-refractivity contribution in [2.45, 2.75) is 0 Å². The molecule has 0 aromatic heterocycles. The molecular formula is C9H11O2. The van der Waals surface area contributed by atoms with Crippen LogP contribution >= 0.6 is 0 Å². The maximum absolute atomic E-state index is 8.41. The molecule has 11 heavy (non-hydrogen) atoms. The molecule has 0 amide bonds. The molecule has 1 radical (unpaired) electrons. The van der Waals surface area contributed by atoms with Gasteiger partial charge in [-0.2, -0.15) is 0 Å². The zero-order chi connectivity index (χ0) is 7.94. The Balaban J connectivity index is 2.28. The van der Waals surface area contributed by atoms with Gasteiger partial charge in [0.05, 0.1) is 6.61 Å². The fourth-order valence-electron chi connectivity index (χ4n) is 0.725. The predicted molar refractivity (Wildman–Crippen MR) is 43.3 cm³/mol. The Bertz CT molecular complexity index is 184. The van der Waals surface area contributed by atoms with E-state index in [9.17, 15) is 0 Å². The van der Waals surface area contributed by atoms with Crippen LogP contribution in [0.5, 0.6) is 5.75 Å². The highest BCUT2D eigenvalue weighted by Gasteiger charge is 1.89. The van der Waals surface area contributed by atoms with Gasteiger partial charge in [-0.15, -0.1) is 0 Å². The van der Waals surface area contributed by atoms with Gasteiger partial charge in [0.15, 0.2) is 0 Å². The first-order valence-electron chi connectivity index (χ1n) is 3.54. The number of benzene rings is 1. The average Bonchev–Trinajstić information content (AvgIpc) is 2.07. The summed E-state index contributed by atoms with van der Waals surface area (Å²) >= 11 is 0. The summed E-state index contributed by atoms with van der Waals surface area (Å²) in [6.45, 7) is 0.521. The monoisotopic (exact) mass is 151 g/mol. The molecule has 59 valence electrons. The van der Waals surface area contributed by atoms with Crippen molar-refractivity contribution in [3.05, 3.63) is 36.8 Å². The first kappa shape index (κ1) is 8.08. The second kappa shape index (κ2) is 4.74. The summed E-state index contributed by atoms with van der Waals surface area (Å²) < 4.78 is 5.23. The minimum atomic E-state index is 0.0623. The maximum atomic E-state index is 8.41. The van der Waals surface area contributed by atoms with E-state index in [0.717, 1.165) is 5.75 Å². The minimum absolute atomic E-state index is 0.0623. The number of ether oxygens (including phenoxy) is 1. The summed E-state index contributed by atoms with van der Waals surface area (Å²) in [5.74, 6) is 0.831. The largest absolute Gasteiger partial charge is 0.493 e. The third kappa shape index (κ3) is 3.05. The Hall–Kier alpha value is -1.02. The van der Waals surface area contributed by atoms with Crippen molar-refractivity contribution in [3.63, 3.8) is 0 Å². The van der Waals surface area contributed by atoms with Gasteiger partial charge in [0, 0.05) is 13.0 Å². The maximum Gasteiger partial charge on any atom is 0.119 e. The summed E-state index contributed by atoms with van der Waals surface area (Å²) in [4.78, 5) is 0. The van der Waals surface area contributed by atoms with E-state index in [0.29, 0.717) is 6.61 Å². The highest BCUT2D eigenvalue weighted by Crippen LogP contribution is 2.07. The van der Waals surface area contributed by atoms with Crippen LogP contribution in [0.25, 0.3) is 0 Å². The Morgan fingerprint density at radius 2 is 2.00 bits per heavy atom. The van der Waals surface area contributed by atoms with E-state index < -0.39 is 0 Å². The van der Waals surface area contributed by atoms with Gasteiger partial charge >= 0.3 is 0 Å². The van der Waals surface area contributed by atoms with Gasteiger partial charge in [0.25, 0.3) is 0 Å². The fourth-order valence-corrected chi connectivity index (χ4v) is 0.725. The zero-order valence-corrected chi connectivity index (χ0v) is 6.23. The summed E-state index contributed by atoms with van der Waals surface area (Å²) in [5, 5.41) is 8.41. The Labute approximate surface area is 66.4 Å². The molecule has 0 saturated carbocycles. The smallest absolute Gasteiger partial charge is 0.119 e. The predicted octanol–water partition coefficient (Wildman–Crippen LogP) is 1.26. The van der Waals surface area contributed by atoms with Crippen LogP contribution in [-0.2, 0) is 0 Å². The molecule has 1 N–H and O–H groups in total. The topological polar surface area (TPSA) is 29.5 Å². The van der Waals surface area contributed by atoms with Crippen LogP contribution in [0.4, 0.5) is 0 Å². The molecule has 0 spiro atoms. The summed E-state index contributed by atoms with van der Waals surface area (Å²) in [7, 11) is 0. The average molecular weight is 151 g/mol. The Kier molecular flexibility index (Phi) is 3.48. The highest BCUT2D eigenvalue weighted by molar-refractivity contribution is 5.20. The quantitative estimate of drug-likeness (QED) is 0.656. The van der Waals surface area contributed by atoms with Crippen molar-refractivity contribution in [2.75, 3.05) is 13.2 Å². The lowest BCUT2D eigenvalue weighted by Gasteiger charge is -2.02. The van der Waals surface area contributed by atoms with Crippen LogP contribution in [0.1, 0.15) is 0 Å². The lowest BCUT2D eigenvalue weighted by atomic mass is 10.3. The standard InChI is InChI=1S/C9H11O2/c10-7-4-8-11-9-5-2-1-3-6-9/h1-6,10H,7-8H2. The van der Waals surface area contributed by atoms with E-state index in [2.05, 4.69) is 0 Å². The molecule has 0 unspecified atom stereocenters. The molecule has 1 aromatic carbocycles. The van der Waals surface area contributed by atoms with Crippen molar-refractivity contribution in [3.8, 4) is 5.75 Å². The molecule has 0 fully saturated rings. The molecule has 1 rings (SSSR count). The number of hydrogen-bond donors (Lipinski definition) is 1. The molecule has 2 heteroatoms. The van der Waals surface area contributed by atoms with E-state index in [-0.39, 0.29) is 6.61 Å². The molecular weight excluding hydrogens is 140 g/mol. The van der Waals surface area contributed by atoms with Gasteiger partial charge < -0.3 is 9.84 Å². The Morgan fingerprint density at radius 3 is 2.64 bits per heavy atom. The minimum Gasteiger partial charge on any atom is -0.493 e. The first-order chi connectivity index (χ1) is 5.43. The van der Waals surface area contributed by atoms with Gasteiger partial charge in [-0.05, 0) is 12.1 Å². The second-order valence-corrected chi connectivity index (χ2v) is 2.10. The van der Waals surface area contributed by atoms with Gasteiger partial charge in [0.1, 0.15) is 5.75 Å². The summed E-state index contributed by atoms with van der Waals surface area (Å²) in [6, 6.07) is 9.52. The number of para-hydroxylation sites is 1. The lowest BCUT2D eigenvalue weighted by molar-refractivity contribution is 0.283. The molecule has 0 bridgehead atoms. The lowest BCUT2D eigenvalue weighted by Crippen LogP contribution is -1.99. The Morgan fingerprint density at radius 1 is 1.27 bits per heavy atom. The normalized spacial score (nSPS) is 9.55. The molecule has 0 saturated heterocycles. The van der Waals surface area contributed by atoms with Crippen molar-refractivity contribution < 1.29 is 9.84 Å². The molecule has 0 heterocycles. The summed E-state index contributed by atoms with van der Waals surface area (Å²) in [6.07, 6.45) is 1.66. The van der Waals surface area contributed by atoms with Gasteiger partial charge in [-0.1, -0.05) is 18.2 Å². The van der Waals surface area contributed by atoms with Crippen LogP contribution < -0.4 is 4.74 Å². The van der Waals surface area contributed by atoms with E-state index in [4.69, 9.17) is 9.84 Å². The fraction of sp³-hybridized carbons (Fsp3) is 0.222. The van der Waals surface area contributed by atoms with Gasteiger partial charge in [-0.3, -0.25) is 0 Å². The van der Waals surface area contributed by atoms with Crippen molar-refractivity contribution in [1.29, 1.82) is 0 Å². The molecule has 0 atom stereocenters. The van der Waals surface area contributed by atoms with Gasteiger partial charge in [-0.25, -0.2) is 0 Å². The summed E-state index contributed by atoms with van der Waals surface area (Å²) in [5.41, 5.74) is 0. The van der Waals surface area contributed by atoms with Crippen LogP contribution in [-0.4, -0.2) is 18.3 Å². The van der Waals surface area contributed by atoms with Crippen molar-refractivity contribution in [1.82, 2.24) is 0 Å². The van der Waals surface area contributed by atoms with Crippen molar-refractivity contribution in [2.24, 2.45) is 0 Å². The number of hydrogen-bond acceptors (Lipinski definition) is 2. The molecule has 2 nitrogen and oxygen atoms in total. The zero-order valence-electron chi connectivity index (χ0n) is 6.23. The van der Waals surface area contributed by atoms with E-state index in [1.807, 2.05) is 30.3 Å². The third-order valence-electron chi connectivity index (χ3n) is 1.24. The molecule has 1 aromatic rings. The number of rotatable bonds is 4. The van der Waals surface area contributed by atoms with Crippen molar-refractivity contribution >= 4 is 0 Å². The second-order valence-electron chi connectivity index (χ2n) is 2.10. The van der Waals surface area contributed by atoms with Crippen LogP contribution in [0.3, 0.4) is 0 Å². The number of aliphatic hydroxyl groups excluding tert-OH is 1.